The number of nitrogens with one attached hydrogen (secondary N) is 2. The Bertz CT molecular complexity index is 460. The van der Waals surface area contributed by atoms with E-state index < -0.39 is 12.6 Å². The summed E-state index contributed by atoms with van der Waals surface area (Å²) in [7, 11) is 1.53. The maximum absolute atomic E-state index is 12.1. The van der Waals surface area contributed by atoms with E-state index in [1.165, 1.54) is 7.05 Å². The van der Waals surface area contributed by atoms with Crippen LogP contribution in [0.1, 0.15) is 30.2 Å². The van der Waals surface area contributed by atoms with Crippen molar-refractivity contribution in [1.82, 2.24) is 15.6 Å². The lowest BCUT2D eigenvalue weighted by Crippen LogP contribution is -2.38. The molecule has 1 rings (SSSR count). The molecule has 0 atom stereocenters. The van der Waals surface area contributed by atoms with E-state index in [9.17, 15) is 13.2 Å². The molecule has 0 amide bonds. The van der Waals surface area contributed by atoms with Crippen molar-refractivity contribution in [3.8, 4) is 0 Å². The minimum absolute atomic E-state index is 0. The van der Waals surface area contributed by atoms with Gasteiger partial charge in [-0.2, -0.15) is 13.2 Å². The number of nitrogens with zero attached hydrogens (tertiary/aromatic N) is 2. The van der Waals surface area contributed by atoms with Crippen LogP contribution in [0.4, 0.5) is 13.2 Å². The molecule has 0 saturated carbocycles. The predicted octanol–water partition coefficient (Wildman–Crippen LogP) is 3.58. The molecule has 0 saturated heterocycles. The first-order chi connectivity index (χ1) is 9.80. The number of aliphatic imine (C=N–C) groups is 1. The van der Waals surface area contributed by atoms with Gasteiger partial charge in [-0.25, -0.2) is 4.98 Å². The Labute approximate surface area is 150 Å². The second-order valence-electron chi connectivity index (χ2n) is 5.04. The van der Waals surface area contributed by atoms with E-state index in [4.69, 9.17) is 0 Å². The van der Waals surface area contributed by atoms with Crippen LogP contribution >= 0.6 is 35.3 Å². The van der Waals surface area contributed by atoms with Crippen molar-refractivity contribution in [3.63, 3.8) is 0 Å². The summed E-state index contributed by atoms with van der Waals surface area (Å²) in [5.41, 5.74) is 0. The molecular weight excluding hydrogens is 428 g/mol. The van der Waals surface area contributed by atoms with Crippen LogP contribution in [0.15, 0.2) is 11.2 Å². The lowest BCUT2D eigenvalue weighted by Gasteiger charge is -2.12. The molecule has 0 unspecified atom stereocenters. The minimum atomic E-state index is -4.16. The summed E-state index contributed by atoms with van der Waals surface area (Å²) in [4.78, 5) is 9.25. The standard InChI is InChI=1S/C13H21F3N4S.HI/c1-9(2)6-11-19-7-10(21-11)8-20-12(17-3)18-5-4-13(14,15)16;/h7,9H,4-6,8H2,1-3H3,(H2,17,18,20);1H. The van der Waals surface area contributed by atoms with Crippen LogP contribution in [0.25, 0.3) is 0 Å². The Morgan fingerprint density at radius 1 is 1.36 bits per heavy atom. The smallest absolute Gasteiger partial charge is 0.356 e. The lowest BCUT2D eigenvalue weighted by atomic mass is 10.1. The maximum atomic E-state index is 12.1. The summed E-state index contributed by atoms with van der Waals surface area (Å²) < 4.78 is 36.2. The van der Waals surface area contributed by atoms with Crippen molar-refractivity contribution in [1.29, 1.82) is 0 Å². The van der Waals surface area contributed by atoms with E-state index in [2.05, 4.69) is 34.5 Å². The van der Waals surface area contributed by atoms with Crippen LogP contribution in [0, 0.1) is 5.92 Å². The summed E-state index contributed by atoms with van der Waals surface area (Å²) in [6.07, 6.45) is -2.32. The van der Waals surface area contributed by atoms with E-state index in [1.54, 1.807) is 17.5 Å². The molecule has 22 heavy (non-hydrogen) atoms. The highest BCUT2D eigenvalue weighted by molar-refractivity contribution is 14.0. The van der Waals surface area contributed by atoms with E-state index in [-0.39, 0.29) is 30.5 Å². The summed E-state index contributed by atoms with van der Waals surface area (Å²) in [5, 5.41) is 6.69. The van der Waals surface area contributed by atoms with Gasteiger partial charge in [-0.3, -0.25) is 4.99 Å². The first-order valence-electron chi connectivity index (χ1n) is 6.75. The summed E-state index contributed by atoms with van der Waals surface area (Å²) in [6.45, 7) is 4.57. The van der Waals surface area contributed by atoms with E-state index in [0.717, 1.165) is 16.3 Å². The third-order valence-electron chi connectivity index (χ3n) is 2.54. The van der Waals surface area contributed by atoms with Crippen LogP contribution in [-0.2, 0) is 13.0 Å². The maximum Gasteiger partial charge on any atom is 0.390 e. The molecule has 0 aliphatic carbocycles. The van der Waals surface area contributed by atoms with E-state index >= 15 is 0 Å². The zero-order chi connectivity index (χ0) is 15.9. The summed E-state index contributed by atoms with van der Waals surface area (Å²) in [6, 6.07) is 0. The molecule has 9 heteroatoms. The van der Waals surface area contributed by atoms with Crippen LogP contribution in [0.2, 0.25) is 0 Å². The van der Waals surface area contributed by atoms with Gasteiger partial charge in [0.15, 0.2) is 5.96 Å². The summed E-state index contributed by atoms with van der Waals surface area (Å²) >= 11 is 1.61. The first-order valence-corrected chi connectivity index (χ1v) is 7.56. The third-order valence-corrected chi connectivity index (χ3v) is 3.56. The average molecular weight is 450 g/mol. The third kappa shape index (κ3) is 9.44. The number of aromatic nitrogens is 1. The Kier molecular flexibility index (Phi) is 9.97. The van der Waals surface area contributed by atoms with Crippen molar-refractivity contribution in [2.24, 2.45) is 10.9 Å². The predicted molar refractivity (Wildman–Crippen MR) is 94.9 cm³/mol. The zero-order valence-corrected chi connectivity index (χ0v) is 16.0. The van der Waals surface area contributed by atoms with Gasteiger partial charge in [-0.1, -0.05) is 13.8 Å². The fraction of sp³-hybridized carbons (Fsp3) is 0.692. The normalized spacial score (nSPS) is 12.2. The van der Waals surface area contributed by atoms with Gasteiger partial charge in [0.05, 0.1) is 18.0 Å². The molecule has 2 N–H and O–H groups in total. The van der Waals surface area contributed by atoms with Gasteiger partial charge in [0, 0.05) is 31.1 Å². The SMILES string of the molecule is CN=C(NCCC(F)(F)F)NCc1cnc(CC(C)C)s1.I. The van der Waals surface area contributed by atoms with Gasteiger partial charge in [0.1, 0.15) is 0 Å². The highest BCUT2D eigenvalue weighted by atomic mass is 127. The molecule has 1 heterocycles. The lowest BCUT2D eigenvalue weighted by molar-refractivity contribution is -0.132. The number of rotatable bonds is 6. The molecule has 0 bridgehead atoms. The second kappa shape index (κ2) is 10.2. The monoisotopic (exact) mass is 450 g/mol. The number of hydrogen-bond acceptors (Lipinski definition) is 3. The van der Waals surface area contributed by atoms with Crippen molar-refractivity contribution in [2.45, 2.75) is 39.4 Å². The van der Waals surface area contributed by atoms with Crippen LogP contribution in [0.5, 0.6) is 0 Å². The highest BCUT2D eigenvalue weighted by Crippen LogP contribution is 2.18. The molecule has 0 aliphatic heterocycles. The molecular formula is C13H22F3IN4S. The molecule has 1 aromatic heterocycles. The van der Waals surface area contributed by atoms with E-state index in [1.807, 2.05) is 0 Å². The molecule has 0 fully saturated rings. The molecule has 0 aliphatic rings. The van der Waals surface area contributed by atoms with E-state index in [0.29, 0.717) is 18.4 Å². The van der Waals surface area contributed by atoms with Crippen LogP contribution in [-0.4, -0.2) is 30.7 Å². The number of thiazole rings is 1. The highest BCUT2D eigenvalue weighted by Gasteiger charge is 2.26. The minimum Gasteiger partial charge on any atom is -0.356 e. The fourth-order valence-electron chi connectivity index (χ4n) is 1.59. The van der Waals surface area contributed by atoms with Gasteiger partial charge < -0.3 is 10.6 Å². The number of guanidine groups is 1. The van der Waals surface area contributed by atoms with Gasteiger partial charge in [0.2, 0.25) is 0 Å². The summed E-state index contributed by atoms with van der Waals surface area (Å²) in [5.74, 6) is 0.909. The van der Waals surface area contributed by atoms with Gasteiger partial charge in [-0.15, -0.1) is 35.3 Å². The molecule has 0 aromatic carbocycles. The van der Waals surface area contributed by atoms with Gasteiger partial charge >= 0.3 is 6.18 Å². The average Bonchev–Trinajstić information content (AvgIpc) is 2.78. The van der Waals surface area contributed by atoms with Crippen LogP contribution < -0.4 is 10.6 Å². The van der Waals surface area contributed by atoms with Crippen LogP contribution in [0.3, 0.4) is 0 Å². The molecule has 0 radical (unpaired) electrons. The number of halogens is 4. The Morgan fingerprint density at radius 3 is 2.59 bits per heavy atom. The molecule has 0 spiro atoms. The van der Waals surface area contributed by atoms with Gasteiger partial charge in [0.25, 0.3) is 0 Å². The Hall–Kier alpha value is -0.580. The molecule has 4 nitrogen and oxygen atoms in total. The largest absolute Gasteiger partial charge is 0.390 e. The topological polar surface area (TPSA) is 49.3 Å². The molecule has 128 valence electrons. The van der Waals surface area contributed by atoms with Crippen molar-refractivity contribution in [2.75, 3.05) is 13.6 Å². The van der Waals surface area contributed by atoms with Crippen molar-refractivity contribution >= 4 is 41.3 Å². The number of alkyl halides is 3. The Morgan fingerprint density at radius 2 is 2.05 bits per heavy atom. The van der Waals surface area contributed by atoms with Gasteiger partial charge in [-0.05, 0) is 5.92 Å². The number of hydrogen-bond donors (Lipinski definition) is 2. The fourth-order valence-corrected chi connectivity index (χ4v) is 2.66. The second-order valence-corrected chi connectivity index (χ2v) is 6.24. The van der Waals surface area contributed by atoms with Crippen molar-refractivity contribution < 1.29 is 13.2 Å². The molecule has 1 aromatic rings. The van der Waals surface area contributed by atoms with Crippen molar-refractivity contribution in [3.05, 3.63) is 16.1 Å². The first kappa shape index (κ1) is 21.4. The quantitative estimate of drug-likeness (QED) is 0.396. The Balaban J connectivity index is 0.00000441. The zero-order valence-electron chi connectivity index (χ0n) is 12.8.